The minimum atomic E-state index is -0.517. The lowest BCUT2D eigenvalue weighted by Crippen LogP contribution is -2.28. The van der Waals surface area contributed by atoms with Gasteiger partial charge in [-0.2, -0.15) is 0 Å². The number of hydrogen-bond acceptors (Lipinski definition) is 6. The smallest absolute Gasteiger partial charge is 0.272 e. The van der Waals surface area contributed by atoms with Gasteiger partial charge in [-0.05, 0) is 18.6 Å². The zero-order valence-electron chi connectivity index (χ0n) is 17.9. The molecule has 0 bridgehead atoms. The van der Waals surface area contributed by atoms with Crippen LogP contribution < -0.4 is 27.4 Å². The number of carbonyl (C=O) groups is 3. The Labute approximate surface area is 184 Å². The molecular formula is C20H27N9O3. The summed E-state index contributed by atoms with van der Waals surface area (Å²) in [6.07, 6.45) is 4.66. The highest BCUT2D eigenvalue weighted by Gasteiger charge is 2.24. The first-order chi connectivity index (χ1) is 15.1. The molecule has 0 aromatic carbocycles. The van der Waals surface area contributed by atoms with Crippen molar-refractivity contribution in [1.82, 2.24) is 14.5 Å². The van der Waals surface area contributed by atoms with Gasteiger partial charge in [0.05, 0.1) is 23.0 Å². The molecule has 0 radical (unpaired) electrons. The normalized spacial score (nSPS) is 15.2. The topological polar surface area (TPSA) is 185 Å². The zero-order valence-corrected chi connectivity index (χ0v) is 17.9. The number of aryl methyl sites for hydroxylation is 2. The van der Waals surface area contributed by atoms with Crippen molar-refractivity contribution in [2.75, 3.05) is 17.2 Å². The van der Waals surface area contributed by atoms with Gasteiger partial charge in [-0.15, -0.1) is 0 Å². The van der Waals surface area contributed by atoms with E-state index in [1.807, 2.05) is 0 Å². The highest BCUT2D eigenvalue weighted by atomic mass is 16.2. The fourth-order valence-corrected chi connectivity index (χ4v) is 3.34. The summed E-state index contributed by atoms with van der Waals surface area (Å²) < 4.78 is 3.18. The van der Waals surface area contributed by atoms with Crippen LogP contribution in [0.4, 0.5) is 11.4 Å². The number of amidine groups is 2. The number of nitrogens with one attached hydrogen (secondary N) is 4. The van der Waals surface area contributed by atoms with Crippen LogP contribution in [0.5, 0.6) is 0 Å². The average Bonchev–Trinajstić information content (AvgIpc) is 3.40. The van der Waals surface area contributed by atoms with Gasteiger partial charge in [-0.25, -0.2) is 0 Å². The monoisotopic (exact) mass is 441 g/mol. The number of carbonyl (C=O) groups excluding carboxylic acids is 3. The highest BCUT2D eigenvalue weighted by molar-refractivity contribution is 6.06. The van der Waals surface area contributed by atoms with Crippen LogP contribution in [0.1, 0.15) is 40.2 Å². The molecule has 0 aliphatic carbocycles. The number of nitrogens with zero attached hydrogens (tertiary/aromatic N) is 3. The Balaban J connectivity index is 1.63. The van der Waals surface area contributed by atoms with E-state index in [0.717, 1.165) is 0 Å². The number of anilines is 2. The van der Waals surface area contributed by atoms with Crippen molar-refractivity contribution in [3.63, 3.8) is 0 Å². The number of nitrogens with two attached hydrogens (primary N) is 2. The minimum Gasteiger partial charge on any atom is -0.388 e. The van der Waals surface area contributed by atoms with E-state index in [2.05, 4.69) is 20.9 Å². The predicted molar refractivity (Wildman–Crippen MR) is 121 cm³/mol. The quantitative estimate of drug-likeness (QED) is 0.251. The van der Waals surface area contributed by atoms with Crippen molar-refractivity contribution in [3.8, 4) is 0 Å². The molecule has 0 saturated carbocycles. The molecule has 0 spiro atoms. The third-order valence-electron chi connectivity index (χ3n) is 4.98. The van der Waals surface area contributed by atoms with E-state index in [9.17, 15) is 14.4 Å². The maximum absolute atomic E-state index is 12.7. The van der Waals surface area contributed by atoms with Crippen molar-refractivity contribution >= 4 is 40.8 Å². The number of hydrogen-bond donors (Lipinski definition) is 6. The van der Waals surface area contributed by atoms with Gasteiger partial charge >= 0.3 is 0 Å². The summed E-state index contributed by atoms with van der Waals surface area (Å²) in [6.45, 7) is 0.248. The second-order valence-corrected chi connectivity index (χ2v) is 7.60. The van der Waals surface area contributed by atoms with E-state index in [1.54, 1.807) is 47.8 Å². The molecule has 2 aromatic rings. The fraction of sp³-hybridized carbons (Fsp3) is 0.350. The molecule has 1 aliphatic heterocycles. The second kappa shape index (κ2) is 9.37. The van der Waals surface area contributed by atoms with Crippen LogP contribution >= 0.6 is 0 Å². The second-order valence-electron chi connectivity index (χ2n) is 7.60. The van der Waals surface area contributed by atoms with Crippen molar-refractivity contribution in [2.45, 2.75) is 25.3 Å². The molecule has 12 heteroatoms. The molecule has 1 atom stereocenters. The molecule has 0 fully saturated rings. The van der Waals surface area contributed by atoms with Gasteiger partial charge in [-0.3, -0.25) is 24.8 Å². The lowest BCUT2D eigenvalue weighted by Gasteiger charge is -2.06. The Morgan fingerprint density at radius 1 is 1.09 bits per heavy atom. The molecule has 2 aromatic heterocycles. The van der Waals surface area contributed by atoms with Crippen molar-refractivity contribution in [2.24, 2.45) is 30.6 Å². The molecule has 3 heterocycles. The van der Waals surface area contributed by atoms with Gasteiger partial charge in [0.1, 0.15) is 17.4 Å². The van der Waals surface area contributed by atoms with Gasteiger partial charge in [0.15, 0.2) is 0 Å². The number of amides is 3. The number of aromatic nitrogens is 2. The first-order valence-electron chi connectivity index (χ1n) is 10.0. The van der Waals surface area contributed by atoms with Crippen LogP contribution in [-0.4, -0.2) is 51.1 Å². The SMILES string of the molecule is Cn1cc(NC(=O)c2cc(NC(=O)C3CCC(N)=N3)cn2C)cc1C(=O)NCCC(=N)N. The summed E-state index contributed by atoms with van der Waals surface area (Å²) in [5.74, 6) is -0.554. The maximum Gasteiger partial charge on any atom is 0.272 e. The van der Waals surface area contributed by atoms with Gasteiger partial charge in [0, 0.05) is 45.9 Å². The third kappa shape index (κ3) is 5.33. The van der Waals surface area contributed by atoms with E-state index in [0.29, 0.717) is 41.4 Å². The van der Waals surface area contributed by atoms with E-state index < -0.39 is 11.9 Å². The third-order valence-corrected chi connectivity index (χ3v) is 4.98. The van der Waals surface area contributed by atoms with E-state index >= 15 is 0 Å². The summed E-state index contributed by atoms with van der Waals surface area (Å²) in [7, 11) is 3.37. The van der Waals surface area contributed by atoms with E-state index in [1.165, 1.54) is 0 Å². The number of rotatable bonds is 8. The predicted octanol–water partition coefficient (Wildman–Crippen LogP) is 0.130. The van der Waals surface area contributed by atoms with Crippen LogP contribution in [0.15, 0.2) is 29.5 Å². The highest BCUT2D eigenvalue weighted by Crippen LogP contribution is 2.19. The van der Waals surface area contributed by atoms with Crippen LogP contribution in [0.25, 0.3) is 0 Å². The summed E-state index contributed by atoms with van der Waals surface area (Å²) >= 11 is 0. The van der Waals surface area contributed by atoms with Gasteiger partial charge in [-0.1, -0.05) is 0 Å². The van der Waals surface area contributed by atoms with E-state index in [4.69, 9.17) is 16.9 Å². The van der Waals surface area contributed by atoms with Gasteiger partial charge < -0.3 is 36.6 Å². The first kappa shape index (κ1) is 22.6. The Bertz CT molecular complexity index is 1100. The molecule has 8 N–H and O–H groups in total. The van der Waals surface area contributed by atoms with Crippen LogP contribution in [0, 0.1) is 5.41 Å². The standard InChI is InChI=1S/C20H27N9O3/c1-28-10-12(7-14(28)19(31)24-6-5-16(21)22)26-20(32)15-8-11(9-29(15)2)25-18(30)13-3-4-17(23)27-13/h7-10,13H,3-6H2,1-2H3,(H3,21,22)(H2,23,27)(H,24,31)(H,25,30)(H,26,32). The lowest BCUT2D eigenvalue weighted by molar-refractivity contribution is -0.117. The molecule has 3 rings (SSSR count). The molecule has 1 unspecified atom stereocenters. The molecule has 32 heavy (non-hydrogen) atoms. The Hall–Kier alpha value is -4.09. The van der Waals surface area contributed by atoms with Crippen molar-refractivity contribution in [3.05, 3.63) is 35.9 Å². The largest absolute Gasteiger partial charge is 0.388 e. The van der Waals surface area contributed by atoms with Crippen molar-refractivity contribution in [1.29, 1.82) is 5.41 Å². The van der Waals surface area contributed by atoms with Crippen molar-refractivity contribution < 1.29 is 14.4 Å². The van der Waals surface area contributed by atoms with Crippen LogP contribution in [-0.2, 0) is 18.9 Å². The molecule has 0 saturated heterocycles. The fourth-order valence-electron chi connectivity index (χ4n) is 3.34. The minimum absolute atomic E-state index is 0.0108. The summed E-state index contributed by atoms with van der Waals surface area (Å²) in [5, 5.41) is 15.4. The molecule has 1 aliphatic rings. The molecular weight excluding hydrogens is 414 g/mol. The van der Waals surface area contributed by atoms with Gasteiger partial charge in [0.25, 0.3) is 11.8 Å². The first-order valence-corrected chi connectivity index (χ1v) is 10.0. The Kier molecular flexibility index (Phi) is 6.61. The zero-order chi connectivity index (χ0) is 23.4. The molecule has 3 amide bonds. The number of aliphatic imine (C=N–C) groups is 1. The van der Waals surface area contributed by atoms with Gasteiger partial charge in [0.2, 0.25) is 5.91 Å². The summed E-state index contributed by atoms with van der Waals surface area (Å²) in [6, 6.07) is 2.60. The van der Waals surface area contributed by atoms with E-state index in [-0.39, 0.29) is 30.6 Å². The lowest BCUT2D eigenvalue weighted by atomic mass is 10.2. The molecule has 170 valence electrons. The van der Waals surface area contributed by atoms with Crippen LogP contribution in [0.3, 0.4) is 0 Å². The summed E-state index contributed by atoms with van der Waals surface area (Å²) in [5.41, 5.74) is 12.5. The Morgan fingerprint density at radius 2 is 1.69 bits per heavy atom. The van der Waals surface area contributed by atoms with Crippen LogP contribution in [0.2, 0.25) is 0 Å². The maximum atomic E-state index is 12.7. The average molecular weight is 441 g/mol. The molecule has 12 nitrogen and oxygen atoms in total. The Morgan fingerprint density at radius 3 is 2.25 bits per heavy atom. The summed E-state index contributed by atoms with van der Waals surface area (Å²) in [4.78, 5) is 41.4.